The van der Waals surface area contributed by atoms with Gasteiger partial charge < -0.3 is 14.3 Å². The number of hydrogen-bond donors (Lipinski definition) is 0. The van der Waals surface area contributed by atoms with Crippen LogP contribution in [0.4, 0.5) is 5.69 Å². The maximum atomic E-state index is 13.1. The van der Waals surface area contributed by atoms with E-state index in [-0.39, 0.29) is 5.91 Å². The lowest BCUT2D eigenvalue weighted by molar-refractivity contribution is 0.0748. The van der Waals surface area contributed by atoms with Crippen LogP contribution in [-0.2, 0) is 0 Å². The highest BCUT2D eigenvalue weighted by Crippen LogP contribution is 2.24. The summed E-state index contributed by atoms with van der Waals surface area (Å²) in [6.45, 7) is 6.64. The first-order valence-corrected chi connectivity index (χ1v) is 8.31. The fourth-order valence-electron chi connectivity index (χ4n) is 3.28. The molecule has 25 heavy (non-hydrogen) atoms. The first-order chi connectivity index (χ1) is 12.1. The van der Waals surface area contributed by atoms with E-state index < -0.39 is 0 Å². The Labute approximate surface area is 145 Å². The molecular weight excluding hydrogens is 318 g/mol. The molecule has 7 heteroatoms. The van der Waals surface area contributed by atoms with E-state index in [9.17, 15) is 4.79 Å². The zero-order valence-electron chi connectivity index (χ0n) is 14.3. The van der Waals surface area contributed by atoms with Gasteiger partial charge in [-0.25, -0.2) is 4.98 Å². The van der Waals surface area contributed by atoms with Crippen LogP contribution >= 0.6 is 0 Å². The Balaban J connectivity index is 1.56. The third-order valence-electron chi connectivity index (χ3n) is 4.57. The van der Waals surface area contributed by atoms with Gasteiger partial charge in [-0.2, -0.15) is 0 Å². The Morgan fingerprint density at radius 2 is 1.84 bits per heavy atom. The van der Waals surface area contributed by atoms with Gasteiger partial charge in [0.1, 0.15) is 0 Å². The molecule has 1 amide bonds. The smallest absolute Gasteiger partial charge is 0.258 e. The van der Waals surface area contributed by atoms with Crippen molar-refractivity contribution in [3.05, 3.63) is 47.5 Å². The second-order valence-corrected chi connectivity index (χ2v) is 6.24. The minimum atomic E-state index is 0.0104. The first-order valence-electron chi connectivity index (χ1n) is 8.31. The van der Waals surface area contributed by atoms with Gasteiger partial charge in [-0.3, -0.25) is 9.78 Å². The first kappa shape index (κ1) is 15.6. The van der Waals surface area contributed by atoms with Crippen LogP contribution in [0.1, 0.15) is 21.7 Å². The molecule has 3 aromatic rings. The van der Waals surface area contributed by atoms with Crippen LogP contribution in [0.15, 0.2) is 35.1 Å². The van der Waals surface area contributed by atoms with Crippen molar-refractivity contribution in [1.82, 2.24) is 20.0 Å². The standard InChI is InChI=1S/C18H19N5O2/c1-12-11-15(16-13(2)21-25-17(16)20-12)18(24)23-9-7-22(8-10-23)14-3-5-19-6-4-14/h3-6,11H,7-10H2,1-2H3. The number of nitrogens with zero attached hydrogens (tertiary/aromatic N) is 5. The average Bonchev–Trinajstić information content (AvgIpc) is 3.02. The van der Waals surface area contributed by atoms with Gasteiger partial charge in [-0.1, -0.05) is 5.16 Å². The molecule has 1 aliphatic heterocycles. The van der Waals surface area contributed by atoms with Crippen molar-refractivity contribution in [2.45, 2.75) is 13.8 Å². The predicted octanol–water partition coefficient (Wildman–Crippen LogP) is 2.20. The number of anilines is 1. The maximum absolute atomic E-state index is 13.1. The van der Waals surface area contributed by atoms with E-state index in [1.807, 2.05) is 36.9 Å². The second kappa shape index (κ2) is 6.16. The number of aryl methyl sites for hydroxylation is 2. The summed E-state index contributed by atoms with van der Waals surface area (Å²) in [6, 6.07) is 5.81. The Kier molecular flexibility index (Phi) is 3.83. The van der Waals surface area contributed by atoms with E-state index in [0.717, 1.165) is 24.5 Å². The molecule has 1 saturated heterocycles. The molecule has 7 nitrogen and oxygen atoms in total. The monoisotopic (exact) mass is 337 g/mol. The van der Waals surface area contributed by atoms with E-state index >= 15 is 0 Å². The molecule has 0 bridgehead atoms. The molecule has 0 atom stereocenters. The highest BCUT2D eigenvalue weighted by atomic mass is 16.5. The number of fused-ring (bicyclic) bond motifs is 1. The molecule has 0 N–H and O–H groups in total. The summed E-state index contributed by atoms with van der Waals surface area (Å²) in [7, 11) is 0. The van der Waals surface area contributed by atoms with Crippen LogP contribution in [0.5, 0.6) is 0 Å². The molecule has 4 heterocycles. The number of hydrogen-bond acceptors (Lipinski definition) is 6. The third kappa shape index (κ3) is 2.82. The number of piperazine rings is 1. The van der Waals surface area contributed by atoms with Gasteiger partial charge in [0, 0.05) is 50.0 Å². The molecule has 0 aromatic carbocycles. The molecule has 3 aromatic heterocycles. The summed E-state index contributed by atoms with van der Waals surface area (Å²) in [6.07, 6.45) is 3.58. The maximum Gasteiger partial charge on any atom is 0.258 e. The Hall–Kier alpha value is -2.96. The summed E-state index contributed by atoms with van der Waals surface area (Å²) in [5, 5.41) is 4.67. The van der Waals surface area contributed by atoms with Gasteiger partial charge in [0.05, 0.1) is 16.6 Å². The van der Waals surface area contributed by atoms with Crippen molar-refractivity contribution in [2.75, 3.05) is 31.1 Å². The highest BCUT2D eigenvalue weighted by Gasteiger charge is 2.25. The van der Waals surface area contributed by atoms with Gasteiger partial charge >= 0.3 is 0 Å². The molecule has 4 rings (SSSR count). The minimum absolute atomic E-state index is 0.0104. The fourth-order valence-corrected chi connectivity index (χ4v) is 3.28. The molecule has 0 saturated carbocycles. The van der Waals surface area contributed by atoms with Crippen LogP contribution < -0.4 is 4.90 Å². The quantitative estimate of drug-likeness (QED) is 0.713. The van der Waals surface area contributed by atoms with Crippen LogP contribution in [0.25, 0.3) is 11.1 Å². The third-order valence-corrected chi connectivity index (χ3v) is 4.57. The number of carbonyl (C=O) groups is 1. The zero-order chi connectivity index (χ0) is 17.4. The summed E-state index contributed by atoms with van der Waals surface area (Å²) in [5.41, 5.74) is 3.64. The van der Waals surface area contributed by atoms with Gasteiger partial charge in [0.25, 0.3) is 11.6 Å². The largest absolute Gasteiger partial charge is 0.368 e. The molecular formula is C18H19N5O2. The van der Waals surface area contributed by atoms with Crippen LogP contribution in [0.3, 0.4) is 0 Å². The fraction of sp³-hybridized carbons (Fsp3) is 0.333. The Morgan fingerprint density at radius 1 is 1.12 bits per heavy atom. The number of carbonyl (C=O) groups excluding carboxylic acids is 1. The number of pyridine rings is 2. The zero-order valence-corrected chi connectivity index (χ0v) is 14.3. The second-order valence-electron chi connectivity index (χ2n) is 6.24. The molecule has 1 aliphatic rings. The molecule has 0 radical (unpaired) electrons. The van der Waals surface area contributed by atoms with Crippen LogP contribution in [0.2, 0.25) is 0 Å². The number of rotatable bonds is 2. The lowest BCUT2D eigenvalue weighted by Crippen LogP contribution is -2.48. The van der Waals surface area contributed by atoms with Crippen molar-refractivity contribution in [3.8, 4) is 0 Å². The summed E-state index contributed by atoms with van der Waals surface area (Å²) >= 11 is 0. The summed E-state index contributed by atoms with van der Waals surface area (Å²) in [4.78, 5) is 25.6. The van der Waals surface area contributed by atoms with Crippen molar-refractivity contribution < 1.29 is 9.32 Å². The van der Waals surface area contributed by atoms with Gasteiger partial charge in [-0.05, 0) is 32.0 Å². The SMILES string of the molecule is Cc1cc(C(=O)N2CCN(c3ccncc3)CC2)c2c(C)noc2n1. The lowest BCUT2D eigenvalue weighted by Gasteiger charge is -2.36. The minimum Gasteiger partial charge on any atom is -0.368 e. The number of amides is 1. The average molecular weight is 337 g/mol. The predicted molar refractivity (Wildman–Crippen MR) is 93.6 cm³/mol. The van der Waals surface area contributed by atoms with E-state index in [1.165, 1.54) is 0 Å². The van der Waals surface area contributed by atoms with Gasteiger partial charge in [-0.15, -0.1) is 0 Å². The van der Waals surface area contributed by atoms with Crippen molar-refractivity contribution in [1.29, 1.82) is 0 Å². The Bertz CT molecular complexity index is 914. The van der Waals surface area contributed by atoms with Crippen molar-refractivity contribution in [3.63, 3.8) is 0 Å². The van der Waals surface area contributed by atoms with E-state index in [1.54, 1.807) is 12.4 Å². The summed E-state index contributed by atoms with van der Waals surface area (Å²) < 4.78 is 5.24. The normalized spacial score (nSPS) is 15.0. The molecule has 0 spiro atoms. The highest BCUT2D eigenvalue weighted by molar-refractivity contribution is 6.06. The lowest BCUT2D eigenvalue weighted by atomic mass is 10.1. The van der Waals surface area contributed by atoms with Gasteiger partial charge in [0.2, 0.25) is 0 Å². The van der Waals surface area contributed by atoms with E-state index in [2.05, 4.69) is 20.0 Å². The topological polar surface area (TPSA) is 75.4 Å². The van der Waals surface area contributed by atoms with Crippen molar-refractivity contribution in [2.24, 2.45) is 0 Å². The van der Waals surface area contributed by atoms with Gasteiger partial charge in [0.15, 0.2) is 0 Å². The summed E-state index contributed by atoms with van der Waals surface area (Å²) in [5.74, 6) is 0.0104. The van der Waals surface area contributed by atoms with Crippen molar-refractivity contribution >= 4 is 22.7 Å². The molecule has 0 aliphatic carbocycles. The van der Waals surface area contributed by atoms with Crippen LogP contribution in [-0.4, -0.2) is 52.1 Å². The molecule has 128 valence electrons. The number of aromatic nitrogens is 3. The Morgan fingerprint density at radius 3 is 2.56 bits per heavy atom. The van der Waals surface area contributed by atoms with E-state index in [0.29, 0.717) is 35.4 Å². The van der Waals surface area contributed by atoms with E-state index in [4.69, 9.17) is 4.52 Å². The molecule has 1 fully saturated rings. The van der Waals surface area contributed by atoms with Crippen LogP contribution in [0, 0.1) is 13.8 Å². The molecule has 0 unspecified atom stereocenters.